The molecule has 3 radical (unpaired) electrons. The minimum Gasteiger partial charge on any atom is -0.399 e. The Labute approximate surface area is 253 Å². The van der Waals surface area contributed by atoms with Gasteiger partial charge in [-0.3, -0.25) is 0 Å². The fraction of sp³-hybridized carbons (Fsp3) is 0.727. The van der Waals surface area contributed by atoms with Crippen LogP contribution in [-0.2, 0) is 83.3 Å². The average Bonchev–Trinajstić information content (AvgIpc) is 2.95. The number of hydrogen-bond acceptors (Lipinski definition) is 6. The number of benzene rings is 1. The molecule has 2 fully saturated rings. The molecule has 0 aliphatic carbocycles. The number of hydrogen-bond donors (Lipinski definition) is 0. The molecular formula is C22H38BO6P3V3. The quantitative estimate of drug-likeness (QED) is 0.287. The van der Waals surface area contributed by atoms with Crippen molar-refractivity contribution in [2.24, 2.45) is 0 Å². The van der Waals surface area contributed by atoms with E-state index in [0.29, 0.717) is 33.0 Å². The van der Waals surface area contributed by atoms with Crippen molar-refractivity contribution in [2.45, 2.75) is 76.7 Å². The molecule has 13 heteroatoms. The molecule has 1 aromatic carbocycles. The maximum Gasteiger partial charge on any atom is 0.495 e. The molecule has 0 bridgehead atoms. The third-order valence-electron chi connectivity index (χ3n) is 6.67. The molecule has 1 aromatic rings. The van der Waals surface area contributed by atoms with Crippen LogP contribution in [0.3, 0.4) is 0 Å². The van der Waals surface area contributed by atoms with E-state index in [9.17, 15) is 0 Å². The van der Waals surface area contributed by atoms with Crippen molar-refractivity contribution >= 4 is 39.0 Å². The van der Waals surface area contributed by atoms with Gasteiger partial charge < -0.3 is 27.6 Å². The summed E-state index contributed by atoms with van der Waals surface area (Å²) in [5.74, 6) is 0. The molecule has 0 spiro atoms. The summed E-state index contributed by atoms with van der Waals surface area (Å²) in [4.78, 5) is 0. The average molecular weight is 655 g/mol. The van der Waals surface area contributed by atoms with Gasteiger partial charge in [0.05, 0.1) is 30.0 Å². The van der Waals surface area contributed by atoms with Crippen LogP contribution in [0.25, 0.3) is 0 Å². The number of rotatable bonds is 9. The molecule has 6 unspecified atom stereocenters. The zero-order valence-corrected chi connectivity index (χ0v) is 29.0. The van der Waals surface area contributed by atoms with Crippen molar-refractivity contribution in [3.8, 4) is 0 Å². The molecule has 35 heavy (non-hydrogen) atoms. The van der Waals surface area contributed by atoms with Gasteiger partial charge in [0.15, 0.2) is 0 Å². The van der Waals surface area contributed by atoms with E-state index >= 15 is 0 Å². The van der Waals surface area contributed by atoms with Crippen molar-refractivity contribution in [3.05, 3.63) is 29.3 Å². The Balaban J connectivity index is 0.00000385. The Morgan fingerprint density at radius 1 is 0.943 bits per heavy atom. The summed E-state index contributed by atoms with van der Waals surface area (Å²) in [6.07, 6.45) is 0.298. The molecule has 2 aliphatic heterocycles. The van der Waals surface area contributed by atoms with E-state index in [1.807, 2.05) is 13.3 Å². The van der Waals surface area contributed by atoms with Gasteiger partial charge in [0.2, 0.25) is 0 Å². The monoisotopic (exact) mass is 655 g/mol. The van der Waals surface area contributed by atoms with Crippen LogP contribution in [0.15, 0.2) is 18.2 Å². The summed E-state index contributed by atoms with van der Waals surface area (Å²) in [6, 6.07) is 6.27. The maximum atomic E-state index is 6.60. The second-order valence-electron chi connectivity index (χ2n) is 9.23. The fourth-order valence-electron chi connectivity index (χ4n) is 4.21. The van der Waals surface area contributed by atoms with E-state index in [0.717, 1.165) is 23.0 Å². The second kappa shape index (κ2) is 16.4. The molecule has 0 aromatic heterocycles. The molecule has 2 saturated heterocycles. The van der Waals surface area contributed by atoms with Gasteiger partial charge in [0.1, 0.15) is 12.2 Å². The summed E-state index contributed by atoms with van der Waals surface area (Å²) >= 11 is 0. The predicted molar refractivity (Wildman–Crippen MR) is 138 cm³/mol. The maximum absolute atomic E-state index is 6.60. The molecule has 0 N–H and O–H groups in total. The Bertz CT molecular complexity index is 764. The SMILES string of the molecule is CPOCC1CC(OPC)C(OPC)[C@@H](c2cccc(B3OC(C)(C)C(C)(C)O3)c2C)O1.[V].[V].[V]. The van der Waals surface area contributed by atoms with E-state index in [2.05, 4.69) is 59.5 Å². The molecular weight excluding hydrogens is 617 g/mol. The Kier molecular flexibility index (Phi) is 17.4. The van der Waals surface area contributed by atoms with Crippen LogP contribution in [0, 0.1) is 6.92 Å². The van der Waals surface area contributed by atoms with Crippen molar-refractivity contribution in [3.63, 3.8) is 0 Å². The molecule has 195 valence electrons. The Morgan fingerprint density at radius 3 is 2.09 bits per heavy atom. The third kappa shape index (κ3) is 8.79. The van der Waals surface area contributed by atoms with E-state index < -0.39 is 7.12 Å². The molecule has 3 rings (SSSR count). The summed E-state index contributed by atoms with van der Waals surface area (Å²) < 4.78 is 37.4. The summed E-state index contributed by atoms with van der Waals surface area (Å²) in [7, 11) is 0.762. The Morgan fingerprint density at radius 2 is 1.54 bits per heavy atom. The van der Waals surface area contributed by atoms with Crippen LogP contribution in [0.2, 0.25) is 0 Å². The van der Waals surface area contributed by atoms with Gasteiger partial charge in [-0.2, -0.15) is 0 Å². The first kappa shape index (κ1) is 37.1. The van der Waals surface area contributed by atoms with Gasteiger partial charge in [0.25, 0.3) is 0 Å². The minimum absolute atomic E-state index is 0. The molecule has 2 heterocycles. The van der Waals surface area contributed by atoms with Gasteiger partial charge in [0, 0.05) is 88.5 Å². The third-order valence-corrected chi connectivity index (χ3v) is 8.17. The zero-order valence-electron chi connectivity index (χ0n) is 21.8. The van der Waals surface area contributed by atoms with E-state index in [4.69, 9.17) is 27.6 Å². The smallest absolute Gasteiger partial charge is 0.399 e. The van der Waals surface area contributed by atoms with Gasteiger partial charge in [-0.05, 0) is 71.2 Å². The van der Waals surface area contributed by atoms with Crippen LogP contribution in [0.1, 0.15) is 51.3 Å². The van der Waals surface area contributed by atoms with Gasteiger partial charge in [-0.15, -0.1) is 0 Å². The fourth-order valence-corrected chi connectivity index (χ4v) is 5.64. The van der Waals surface area contributed by atoms with Gasteiger partial charge >= 0.3 is 7.12 Å². The first-order valence-electron chi connectivity index (χ1n) is 11.2. The van der Waals surface area contributed by atoms with Crippen molar-refractivity contribution in [2.75, 3.05) is 26.6 Å². The minimum atomic E-state index is -0.416. The second-order valence-corrected chi connectivity index (χ2v) is 11.2. The summed E-state index contributed by atoms with van der Waals surface area (Å²) in [5.41, 5.74) is 2.46. The van der Waals surface area contributed by atoms with Gasteiger partial charge in [-0.1, -0.05) is 18.2 Å². The Hall–Kier alpha value is 2.09. The molecule has 7 atom stereocenters. The normalized spacial score (nSPS) is 27.9. The van der Waals surface area contributed by atoms with Crippen LogP contribution < -0.4 is 5.46 Å². The molecule has 0 amide bonds. The summed E-state index contributed by atoms with van der Waals surface area (Å²) in [6.45, 7) is 17.1. The van der Waals surface area contributed by atoms with Gasteiger partial charge in [-0.25, -0.2) is 0 Å². The first-order chi connectivity index (χ1) is 15.1. The number of ether oxygens (including phenoxy) is 1. The molecule has 0 saturated carbocycles. The zero-order chi connectivity index (χ0) is 23.5. The molecule has 2 aliphatic rings. The van der Waals surface area contributed by atoms with Crippen LogP contribution >= 0.6 is 26.4 Å². The van der Waals surface area contributed by atoms with Crippen molar-refractivity contribution < 1.29 is 83.3 Å². The van der Waals surface area contributed by atoms with E-state index in [-0.39, 0.29) is 91.3 Å². The van der Waals surface area contributed by atoms with E-state index in [1.54, 1.807) is 0 Å². The van der Waals surface area contributed by atoms with Crippen LogP contribution in [0.5, 0.6) is 0 Å². The van der Waals surface area contributed by atoms with Crippen molar-refractivity contribution in [1.82, 2.24) is 0 Å². The first-order valence-corrected chi connectivity index (χ1v) is 15.4. The largest absolute Gasteiger partial charge is 0.495 e. The van der Waals surface area contributed by atoms with E-state index in [1.165, 1.54) is 0 Å². The predicted octanol–water partition coefficient (Wildman–Crippen LogP) is 4.57. The summed E-state index contributed by atoms with van der Waals surface area (Å²) in [5, 5.41) is 0. The topological polar surface area (TPSA) is 55.4 Å². The van der Waals surface area contributed by atoms with Crippen LogP contribution in [0.4, 0.5) is 0 Å². The van der Waals surface area contributed by atoms with Crippen molar-refractivity contribution in [1.29, 1.82) is 0 Å². The van der Waals surface area contributed by atoms with Crippen LogP contribution in [-0.4, -0.2) is 63.2 Å². The standard InChI is InChI=1S/C22H38BO6P3.3V/c1-14-16(10-9-11-17(14)23-28-21(2,3)22(4,5)29-23)19-20(27-32-8)18(26-31-7)12-15(25-19)13-24-30-6;;;/h9-11,15,18-20,30-32H,12-13H2,1-8H3;;;/t15?,18?,19-,20?;;;/m1.../s1. The molecule has 6 nitrogen and oxygen atoms in total.